The fourth-order valence-corrected chi connectivity index (χ4v) is 2.44. The first-order chi connectivity index (χ1) is 11.1. The topological polar surface area (TPSA) is 93.5 Å². The van der Waals surface area contributed by atoms with Gasteiger partial charge in [-0.1, -0.05) is 5.16 Å². The Bertz CT molecular complexity index is 794. The van der Waals surface area contributed by atoms with Gasteiger partial charge in [0, 0.05) is 17.7 Å². The maximum Gasteiger partial charge on any atom is 0.277 e. The number of amides is 2. The lowest BCUT2D eigenvalue weighted by Gasteiger charge is -2.23. The van der Waals surface area contributed by atoms with Gasteiger partial charge in [0.05, 0.1) is 5.69 Å². The molecule has 2 aromatic rings. The summed E-state index contributed by atoms with van der Waals surface area (Å²) in [5, 5.41) is 9.28. The number of anilines is 2. The lowest BCUT2D eigenvalue weighted by Crippen LogP contribution is -2.34. The van der Waals surface area contributed by atoms with Gasteiger partial charge < -0.3 is 19.9 Å². The van der Waals surface area contributed by atoms with Gasteiger partial charge in [0.15, 0.2) is 11.8 Å². The summed E-state index contributed by atoms with van der Waals surface area (Å²) in [6.45, 7) is 1.68. The number of ether oxygens (including phenoxy) is 1. The maximum absolute atomic E-state index is 12.2. The SMILES string of the molecule is CC1Oc2ccc(NC(=O)c3cc(C4CC4)on3)cc2NC1=O. The smallest absolute Gasteiger partial charge is 0.277 e. The summed E-state index contributed by atoms with van der Waals surface area (Å²) < 4.78 is 10.6. The molecule has 1 saturated carbocycles. The van der Waals surface area contributed by atoms with Crippen LogP contribution in [0, 0.1) is 0 Å². The number of fused-ring (bicyclic) bond motifs is 1. The number of carbonyl (C=O) groups excluding carboxylic acids is 2. The van der Waals surface area contributed by atoms with Gasteiger partial charge in [-0.05, 0) is 38.0 Å². The third kappa shape index (κ3) is 2.65. The summed E-state index contributed by atoms with van der Waals surface area (Å²) in [5.74, 6) is 1.17. The van der Waals surface area contributed by atoms with Crippen molar-refractivity contribution >= 4 is 23.2 Å². The zero-order valence-corrected chi connectivity index (χ0v) is 12.5. The average Bonchev–Trinajstić information content (AvgIpc) is 3.26. The Morgan fingerprint density at radius 1 is 1.35 bits per heavy atom. The number of hydrogen-bond donors (Lipinski definition) is 2. The van der Waals surface area contributed by atoms with E-state index in [1.165, 1.54) is 0 Å². The molecule has 23 heavy (non-hydrogen) atoms. The monoisotopic (exact) mass is 313 g/mol. The summed E-state index contributed by atoms with van der Waals surface area (Å²) in [7, 11) is 0. The lowest BCUT2D eigenvalue weighted by molar-refractivity contribution is -0.122. The molecule has 1 aliphatic carbocycles. The number of nitrogens with one attached hydrogen (secondary N) is 2. The van der Waals surface area contributed by atoms with Gasteiger partial charge in [0.25, 0.3) is 11.8 Å². The molecule has 1 unspecified atom stereocenters. The van der Waals surface area contributed by atoms with Crippen LogP contribution in [0.4, 0.5) is 11.4 Å². The average molecular weight is 313 g/mol. The van der Waals surface area contributed by atoms with Crippen molar-refractivity contribution in [3.63, 3.8) is 0 Å². The lowest BCUT2D eigenvalue weighted by atomic mass is 10.2. The molecule has 1 fully saturated rings. The second-order valence-corrected chi connectivity index (χ2v) is 5.80. The highest BCUT2D eigenvalue weighted by molar-refractivity contribution is 6.04. The number of rotatable bonds is 3. The summed E-state index contributed by atoms with van der Waals surface area (Å²) in [6.07, 6.45) is 1.64. The minimum atomic E-state index is -0.529. The fourth-order valence-electron chi connectivity index (χ4n) is 2.44. The highest BCUT2D eigenvalue weighted by Gasteiger charge is 2.29. The van der Waals surface area contributed by atoms with Crippen LogP contribution in [-0.2, 0) is 4.79 Å². The van der Waals surface area contributed by atoms with Crippen LogP contribution in [0.15, 0.2) is 28.8 Å². The van der Waals surface area contributed by atoms with Crippen molar-refractivity contribution in [3.8, 4) is 5.75 Å². The van der Waals surface area contributed by atoms with Crippen LogP contribution in [0.1, 0.15) is 41.9 Å². The molecule has 118 valence electrons. The van der Waals surface area contributed by atoms with E-state index in [1.807, 2.05) is 0 Å². The summed E-state index contributed by atoms with van der Waals surface area (Å²) in [5.41, 5.74) is 1.33. The molecule has 1 atom stereocenters. The van der Waals surface area contributed by atoms with Crippen molar-refractivity contribution in [1.82, 2.24) is 5.16 Å². The number of nitrogens with zero attached hydrogens (tertiary/aromatic N) is 1. The van der Waals surface area contributed by atoms with Crippen LogP contribution >= 0.6 is 0 Å². The highest BCUT2D eigenvalue weighted by atomic mass is 16.5. The Morgan fingerprint density at radius 3 is 2.96 bits per heavy atom. The first-order valence-electron chi connectivity index (χ1n) is 7.49. The van der Waals surface area contributed by atoms with Gasteiger partial charge in [-0.2, -0.15) is 0 Å². The van der Waals surface area contributed by atoms with Crippen LogP contribution in [0.5, 0.6) is 5.75 Å². The minimum absolute atomic E-state index is 0.216. The van der Waals surface area contributed by atoms with Gasteiger partial charge >= 0.3 is 0 Å². The largest absolute Gasteiger partial charge is 0.479 e. The molecule has 1 aromatic heterocycles. The first kappa shape index (κ1) is 13.8. The Morgan fingerprint density at radius 2 is 2.17 bits per heavy atom. The molecule has 2 heterocycles. The minimum Gasteiger partial charge on any atom is -0.479 e. The molecule has 2 amide bonds. The van der Waals surface area contributed by atoms with Crippen molar-refractivity contribution in [2.24, 2.45) is 0 Å². The van der Waals surface area contributed by atoms with Crippen LogP contribution in [0.3, 0.4) is 0 Å². The summed E-state index contributed by atoms with van der Waals surface area (Å²) in [6, 6.07) is 6.75. The van der Waals surface area contributed by atoms with Gasteiger partial charge in [-0.3, -0.25) is 9.59 Å². The van der Waals surface area contributed by atoms with E-state index in [9.17, 15) is 9.59 Å². The van der Waals surface area contributed by atoms with Crippen molar-refractivity contribution in [1.29, 1.82) is 0 Å². The molecule has 1 aromatic carbocycles. The molecule has 0 saturated heterocycles. The zero-order valence-electron chi connectivity index (χ0n) is 12.5. The maximum atomic E-state index is 12.2. The van der Waals surface area contributed by atoms with E-state index < -0.39 is 6.10 Å². The zero-order chi connectivity index (χ0) is 16.0. The van der Waals surface area contributed by atoms with E-state index in [2.05, 4.69) is 15.8 Å². The predicted octanol–water partition coefficient (Wildman–Crippen LogP) is 2.52. The molecule has 4 rings (SSSR count). The van der Waals surface area contributed by atoms with Crippen LogP contribution in [0.25, 0.3) is 0 Å². The van der Waals surface area contributed by atoms with Crippen molar-refractivity contribution in [2.75, 3.05) is 10.6 Å². The molecule has 0 spiro atoms. The molecule has 1 aliphatic heterocycles. The second-order valence-electron chi connectivity index (χ2n) is 5.80. The second kappa shape index (κ2) is 5.12. The standard InChI is InChI=1S/C16H15N3O4/c1-8-15(20)18-11-6-10(4-5-13(11)22-8)17-16(21)12-7-14(23-19-12)9-2-3-9/h4-9H,2-3H2,1H3,(H,17,21)(H,18,20). The molecular formula is C16H15N3O4. The highest BCUT2D eigenvalue weighted by Crippen LogP contribution is 2.40. The van der Waals surface area contributed by atoms with E-state index >= 15 is 0 Å². The Hall–Kier alpha value is -2.83. The number of carbonyl (C=O) groups is 2. The Labute approximate surface area is 132 Å². The molecule has 2 N–H and O–H groups in total. The third-order valence-electron chi connectivity index (χ3n) is 3.91. The normalized spacial score (nSPS) is 19.5. The molecule has 0 radical (unpaired) electrons. The molecule has 7 heteroatoms. The molecule has 2 aliphatic rings. The van der Waals surface area contributed by atoms with Gasteiger partial charge in [0.2, 0.25) is 0 Å². The quantitative estimate of drug-likeness (QED) is 0.908. The van der Waals surface area contributed by atoms with E-state index in [0.29, 0.717) is 23.0 Å². The molecule has 0 bridgehead atoms. The van der Waals surface area contributed by atoms with Crippen LogP contribution < -0.4 is 15.4 Å². The Balaban J connectivity index is 1.51. The van der Waals surface area contributed by atoms with Gasteiger partial charge in [0.1, 0.15) is 11.5 Å². The molecular weight excluding hydrogens is 298 g/mol. The fraction of sp³-hybridized carbons (Fsp3) is 0.312. The number of benzene rings is 1. The van der Waals surface area contributed by atoms with Gasteiger partial charge in [-0.15, -0.1) is 0 Å². The summed E-state index contributed by atoms with van der Waals surface area (Å²) in [4.78, 5) is 23.8. The van der Waals surface area contributed by atoms with E-state index in [-0.39, 0.29) is 17.5 Å². The molecule has 7 nitrogen and oxygen atoms in total. The Kier molecular flexibility index (Phi) is 3.07. The number of hydrogen-bond acceptors (Lipinski definition) is 5. The first-order valence-corrected chi connectivity index (χ1v) is 7.49. The summed E-state index contributed by atoms with van der Waals surface area (Å²) >= 11 is 0. The van der Waals surface area contributed by atoms with Gasteiger partial charge in [-0.25, -0.2) is 0 Å². The third-order valence-corrected chi connectivity index (χ3v) is 3.91. The van der Waals surface area contributed by atoms with Crippen LogP contribution in [0.2, 0.25) is 0 Å². The van der Waals surface area contributed by atoms with E-state index in [0.717, 1.165) is 18.6 Å². The van der Waals surface area contributed by atoms with E-state index in [1.54, 1.807) is 31.2 Å². The van der Waals surface area contributed by atoms with E-state index in [4.69, 9.17) is 9.26 Å². The van der Waals surface area contributed by atoms with Crippen LogP contribution in [-0.4, -0.2) is 23.1 Å². The number of aromatic nitrogens is 1. The van der Waals surface area contributed by atoms with Crippen molar-refractivity contribution < 1.29 is 18.8 Å². The van der Waals surface area contributed by atoms with Crippen molar-refractivity contribution in [3.05, 3.63) is 35.7 Å². The predicted molar refractivity (Wildman–Crippen MR) is 81.6 cm³/mol. The van der Waals surface area contributed by atoms with Crippen molar-refractivity contribution in [2.45, 2.75) is 31.8 Å².